The molecule has 0 amide bonds. The predicted molar refractivity (Wildman–Crippen MR) is 97.3 cm³/mol. The zero-order valence-electron chi connectivity index (χ0n) is 13.8. The lowest BCUT2D eigenvalue weighted by Crippen LogP contribution is -1.96. The summed E-state index contributed by atoms with van der Waals surface area (Å²) < 4.78 is 19.5. The molecule has 2 heterocycles. The highest BCUT2D eigenvalue weighted by Crippen LogP contribution is 2.28. The number of nitrogens with zero attached hydrogens (tertiary/aromatic N) is 1. The summed E-state index contributed by atoms with van der Waals surface area (Å²) in [5.74, 6) is -0.0491. The second-order valence-electron chi connectivity index (χ2n) is 5.91. The highest BCUT2D eigenvalue weighted by atomic mass is 19.1. The molecular formula is C21H17FN2O. The molecule has 4 aromatic rings. The Morgan fingerprint density at radius 1 is 1.00 bits per heavy atom. The first-order chi connectivity index (χ1) is 12.3. The number of halogens is 1. The number of rotatable bonds is 4. The molecule has 124 valence electrons. The Bertz CT molecular complexity index is 1020. The van der Waals surface area contributed by atoms with E-state index < -0.39 is 0 Å². The van der Waals surface area contributed by atoms with Gasteiger partial charge in [-0.25, -0.2) is 9.37 Å². The third-order valence-corrected chi connectivity index (χ3v) is 4.37. The summed E-state index contributed by atoms with van der Waals surface area (Å²) in [7, 11) is 1.48. The summed E-state index contributed by atoms with van der Waals surface area (Å²) in [4.78, 5) is 7.67. The largest absolute Gasteiger partial charge is 0.494 e. The molecule has 0 unspecified atom stereocenters. The molecule has 0 spiro atoms. The van der Waals surface area contributed by atoms with Gasteiger partial charge < -0.3 is 9.72 Å². The van der Waals surface area contributed by atoms with E-state index in [9.17, 15) is 4.39 Å². The number of hydrogen-bond acceptors (Lipinski definition) is 2. The lowest BCUT2D eigenvalue weighted by atomic mass is 10.0. The van der Waals surface area contributed by atoms with E-state index in [0.717, 1.165) is 27.7 Å². The van der Waals surface area contributed by atoms with Crippen LogP contribution in [-0.2, 0) is 6.42 Å². The number of aromatic nitrogens is 2. The van der Waals surface area contributed by atoms with Crippen molar-refractivity contribution in [1.29, 1.82) is 0 Å². The smallest absolute Gasteiger partial charge is 0.168 e. The van der Waals surface area contributed by atoms with Crippen molar-refractivity contribution < 1.29 is 9.13 Å². The predicted octanol–water partition coefficient (Wildman–Crippen LogP) is 4.97. The van der Waals surface area contributed by atoms with E-state index in [0.29, 0.717) is 12.0 Å². The maximum Gasteiger partial charge on any atom is 0.168 e. The Hall–Kier alpha value is -3.14. The summed E-state index contributed by atoms with van der Waals surface area (Å²) in [6, 6.07) is 17.4. The molecule has 0 aliphatic carbocycles. The minimum atomic E-state index is -0.313. The van der Waals surface area contributed by atoms with Gasteiger partial charge in [-0.2, -0.15) is 0 Å². The molecule has 0 aliphatic rings. The Morgan fingerprint density at radius 3 is 2.64 bits per heavy atom. The molecular weight excluding hydrogens is 315 g/mol. The molecule has 4 rings (SSSR count). The lowest BCUT2D eigenvalue weighted by Gasteiger charge is -2.07. The number of hydrogen-bond donors (Lipinski definition) is 1. The van der Waals surface area contributed by atoms with Crippen LogP contribution in [0, 0.1) is 5.82 Å². The number of benzene rings is 2. The molecule has 0 aliphatic heterocycles. The van der Waals surface area contributed by atoms with Crippen molar-refractivity contribution in [2.75, 3.05) is 7.11 Å². The first-order valence-electron chi connectivity index (χ1n) is 8.09. The average molecular weight is 332 g/mol. The van der Waals surface area contributed by atoms with E-state index in [1.807, 2.05) is 30.6 Å². The van der Waals surface area contributed by atoms with Gasteiger partial charge >= 0.3 is 0 Å². The number of ether oxygens (including phenoxy) is 1. The molecule has 1 N–H and O–H groups in total. The topological polar surface area (TPSA) is 37.9 Å². The third kappa shape index (κ3) is 2.87. The van der Waals surface area contributed by atoms with E-state index in [1.54, 1.807) is 18.2 Å². The fourth-order valence-electron chi connectivity index (χ4n) is 3.05. The Kier molecular flexibility index (Phi) is 3.94. The molecule has 0 fully saturated rings. The van der Waals surface area contributed by atoms with Crippen LogP contribution in [-0.4, -0.2) is 17.1 Å². The van der Waals surface area contributed by atoms with Crippen LogP contribution in [0.25, 0.3) is 22.2 Å². The number of nitrogens with one attached hydrogen (secondary N) is 1. The van der Waals surface area contributed by atoms with Gasteiger partial charge in [-0.1, -0.05) is 42.5 Å². The van der Waals surface area contributed by atoms with Gasteiger partial charge in [-0.15, -0.1) is 0 Å². The summed E-state index contributed by atoms with van der Waals surface area (Å²) in [6.07, 6.45) is 4.22. The summed E-state index contributed by atoms with van der Waals surface area (Å²) >= 11 is 0. The Labute approximate surface area is 145 Å². The van der Waals surface area contributed by atoms with Crippen molar-refractivity contribution in [2.45, 2.75) is 6.42 Å². The van der Waals surface area contributed by atoms with Crippen LogP contribution in [0.5, 0.6) is 5.75 Å². The van der Waals surface area contributed by atoms with Crippen LogP contribution >= 0.6 is 0 Å². The van der Waals surface area contributed by atoms with E-state index in [-0.39, 0.29) is 11.6 Å². The van der Waals surface area contributed by atoms with Crippen LogP contribution in [0.4, 0.5) is 4.39 Å². The maximum atomic E-state index is 14.5. The Balaban J connectivity index is 1.76. The Morgan fingerprint density at radius 2 is 1.84 bits per heavy atom. The minimum Gasteiger partial charge on any atom is -0.494 e. The number of H-pyrrole nitrogens is 1. The van der Waals surface area contributed by atoms with Crippen LogP contribution in [0.3, 0.4) is 0 Å². The zero-order valence-corrected chi connectivity index (χ0v) is 13.8. The van der Waals surface area contributed by atoms with Crippen LogP contribution in [0.15, 0.2) is 67.0 Å². The van der Waals surface area contributed by atoms with E-state index in [2.05, 4.69) is 28.2 Å². The molecule has 3 nitrogen and oxygen atoms in total. The van der Waals surface area contributed by atoms with Gasteiger partial charge in [-0.05, 0) is 28.8 Å². The summed E-state index contributed by atoms with van der Waals surface area (Å²) in [6.45, 7) is 0. The van der Waals surface area contributed by atoms with Crippen molar-refractivity contribution in [2.24, 2.45) is 0 Å². The molecule has 0 saturated carbocycles. The standard InChI is InChI=1S/C21H17FN2O/c1-25-19-9-5-8-15(20(19)22)10-17-13-24-21-18(17)11-16(12-23-21)14-6-3-2-4-7-14/h2-9,11-13H,10H2,1H3,(H,23,24). The second kappa shape index (κ2) is 6.40. The van der Waals surface area contributed by atoms with Crippen molar-refractivity contribution in [3.63, 3.8) is 0 Å². The SMILES string of the molecule is COc1cccc(Cc2c[nH]c3ncc(-c4ccccc4)cc23)c1F. The highest BCUT2D eigenvalue weighted by Gasteiger charge is 2.12. The first-order valence-corrected chi connectivity index (χ1v) is 8.09. The van der Waals surface area contributed by atoms with Crippen molar-refractivity contribution in [1.82, 2.24) is 9.97 Å². The fraction of sp³-hybridized carbons (Fsp3) is 0.0952. The normalized spacial score (nSPS) is 11.0. The van der Waals surface area contributed by atoms with Crippen LogP contribution < -0.4 is 4.74 Å². The van der Waals surface area contributed by atoms with Gasteiger partial charge in [0.1, 0.15) is 5.65 Å². The van der Waals surface area contributed by atoms with E-state index in [4.69, 9.17) is 4.74 Å². The fourth-order valence-corrected chi connectivity index (χ4v) is 3.05. The van der Waals surface area contributed by atoms with Crippen molar-refractivity contribution in [3.05, 3.63) is 83.9 Å². The summed E-state index contributed by atoms with van der Waals surface area (Å²) in [5.41, 5.74) is 4.56. The third-order valence-electron chi connectivity index (χ3n) is 4.37. The molecule has 2 aromatic heterocycles. The zero-order chi connectivity index (χ0) is 17.2. The molecule has 25 heavy (non-hydrogen) atoms. The quantitative estimate of drug-likeness (QED) is 0.573. The molecule has 0 saturated heterocycles. The molecule has 0 atom stereocenters. The highest BCUT2D eigenvalue weighted by molar-refractivity contribution is 5.84. The van der Waals surface area contributed by atoms with Gasteiger partial charge in [-0.3, -0.25) is 0 Å². The van der Waals surface area contributed by atoms with Gasteiger partial charge in [0, 0.05) is 29.8 Å². The molecule has 0 bridgehead atoms. The van der Waals surface area contributed by atoms with Gasteiger partial charge in [0.2, 0.25) is 0 Å². The van der Waals surface area contributed by atoms with Crippen LogP contribution in [0.2, 0.25) is 0 Å². The molecule has 2 aromatic carbocycles. The molecule has 4 heteroatoms. The van der Waals surface area contributed by atoms with Gasteiger partial charge in [0.25, 0.3) is 0 Å². The minimum absolute atomic E-state index is 0.264. The summed E-state index contributed by atoms with van der Waals surface area (Å²) in [5, 5.41) is 1.00. The first kappa shape index (κ1) is 15.4. The van der Waals surface area contributed by atoms with E-state index in [1.165, 1.54) is 7.11 Å². The maximum absolute atomic E-state index is 14.5. The second-order valence-corrected chi connectivity index (χ2v) is 5.91. The van der Waals surface area contributed by atoms with Gasteiger partial charge in [0.15, 0.2) is 11.6 Å². The van der Waals surface area contributed by atoms with E-state index >= 15 is 0 Å². The van der Waals surface area contributed by atoms with Crippen molar-refractivity contribution in [3.8, 4) is 16.9 Å². The van der Waals surface area contributed by atoms with Crippen LogP contribution in [0.1, 0.15) is 11.1 Å². The lowest BCUT2D eigenvalue weighted by molar-refractivity contribution is 0.384. The average Bonchev–Trinajstić information content (AvgIpc) is 3.06. The monoisotopic (exact) mass is 332 g/mol. The molecule has 0 radical (unpaired) electrons. The number of pyridine rings is 1. The number of aromatic amines is 1. The number of fused-ring (bicyclic) bond motifs is 1. The van der Waals surface area contributed by atoms with Gasteiger partial charge in [0.05, 0.1) is 7.11 Å². The number of methoxy groups -OCH3 is 1. The van der Waals surface area contributed by atoms with Crippen molar-refractivity contribution >= 4 is 11.0 Å².